The average molecular weight is 289 g/mol. The molecule has 1 aromatic rings. The fourth-order valence-corrected chi connectivity index (χ4v) is 5.06. The Hall–Kier alpha value is -0.500. The van der Waals surface area contributed by atoms with Gasteiger partial charge >= 0.3 is 0 Å². The highest BCUT2D eigenvalue weighted by Gasteiger charge is 2.37. The third kappa shape index (κ3) is 3.50. The summed E-state index contributed by atoms with van der Waals surface area (Å²) in [6.07, 6.45) is 1.48. The number of sulfone groups is 1. The quantitative estimate of drug-likeness (QED) is 0.815. The standard InChI is InChI=1S/C11H19N3O2S2/c1-11(3-5-18(15,16)8-11)13-6-9-7-17-10(14-9)2-4-12/h7,13H,2-6,8,12H2,1H3. The van der Waals surface area contributed by atoms with Crippen LogP contribution in [0.5, 0.6) is 0 Å². The van der Waals surface area contributed by atoms with Crippen LogP contribution in [-0.2, 0) is 22.8 Å². The Balaban J connectivity index is 1.91. The van der Waals surface area contributed by atoms with Crippen LogP contribution < -0.4 is 11.1 Å². The Morgan fingerprint density at radius 2 is 2.39 bits per heavy atom. The van der Waals surface area contributed by atoms with Crippen LogP contribution in [0.2, 0.25) is 0 Å². The highest BCUT2D eigenvalue weighted by molar-refractivity contribution is 7.91. The van der Waals surface area contributed by atoms with E-state index in [9.17, 15) is 8.42 Å². The topological polar surface area (TPSA) is 85.1 Å². The molecular weight excluding hydrogens is 270 g/mol. The fourth-order valence-electron chi connectivity index (χ4n) is 2.12. The van der Waals surface area contributed by atoms with E-state index in [1.807, 2.05) is 12.3 Å². The van der Waals surface area contributed by atoms with Crippen molar-refractivity contribution in [3.05, 3.63) is 16.1 Å². The Labute approximate surface area is 112 Å². The summed E-state index contributed by atoms with van der Waals surface area (Å²) < 4.78 is 23.0. The van der Waals surface area contributed by atoms with Gasteiger partial charge in [-0.2, -0.15) is 0 Å². The van der Waals surface area contributed by atoms with E-state index >= 15 is 0 Å². The van der Waals surface area contributed by atoms with Gasteiger partial charge in [-0.15, -0.1) is 11.3 Å². The molecule has 0 amide bonds. The van der Waals surface area contributed by atoms with Gasteiger partial charge in [-0.05, 0) is 19.9 Å². The Morgan fingerprint density at radius 1 is 1.61 bits per heavy atom. The van der Waals surface area contributed by atoms with Gasteiger partial charge in [-0.25, -0.2) is 13.4 Å². The minimum Gasteiger partial charge on any atom is -0.330 e. The molecule has 0 radical (unpaired) electrons. The number of rotatable bonds is 5. The molecule has 102 valence electrons. The van der Waals surface area contributed by atoms with E-state index in [-0.39, 0.29) is 17.0 Å². The molecule has 2 rings (SSSR count). The smallest absolute Gasteiger partial charge is 0.152 e. The van der Waals surface area contributed by atoms with Gasteiger partial charge < -0.3 is 11.1 Å². The van der Waals surface area contributed by atoms with Gasteiger partial charge in [0, 0.05) is 23.9 Å². The van der Waals surface area contributed by atoms with Crippen molar-refractivity contribution in [3.63, 3.8) is 0 Å². The molecule has 5 nitrogen and oxygen atoms in total. The molecule has 0 spiro atoms. The van der Waals surface area contributed by atoms with Gasteiger partial charge in [0.1, 0.15) is 0 Å². The lowest BCUT2D eigenvalue weighted by atomic mass is 10.0. The van der Waals surface area contributed by atoms with Crippen molar-refractivity contribution >= 4 is 21.2 Å². The van der Waals surface area contributed by atoms with Crippen molar-refractivity contribution in [2.24, 2.45) is 5.73 Å². The molecule has 7 heteroatoms. The SMILES string of the molecule is CC1(NCc2csc(CCN)n2)CCS(=O)(=O)C1. The predicted octanol–water partition coefficient (Wildman–Crippen LogP) is 0.311. The van der Waals surface area contributed by atoms with Crippen molar-refractivity contribution < 1.29 is 8.42 Å². The fraction of sp³-hybridized carbons (Fsp3) is 0.727. The molecule has 3 N–H and O–H groups in total. The van der Waals surface area contributed by atoms with E-state index in [4.69, 9.17) is 5.73 Å². The number of thiazole rings is 1. The molecule has 1 aliphatic heterocycles. The monoisotopic (exact) mass is 289 g/mol. The third-order valence-electron chi connectivity index (χ3n) is 3.16. The van der Waals surface area contributed by atoms with Crippen molar-refractivity contribution in [3.8, 4) is 0 Å². The zero-order valence-electron chi connectivity index (χ0n) is 10.5. The third-order valence-corrected chi connectivity index (χ3v) is 6.02. The zero-order valence-corrected chi connectivity index (χ0v) is 12.1. The number of hydrogen-bond acceptors (Lipinski definition) is 6. The summed E-state index contributed by atoms with van der Waals surface area (Å²) in [7, 11) is -2.86. The maximum atomic E-state index is 11.5. The maximum absolute atomic E-state index is 11.5. The van der Waals surface area contributed by atoms with Gasteiger partial charge in [0.25, 0.3) is 0 Å². The number of nitrogens with zero attached hydrogens (tertiary/aromatic N) is 1. The molecule has 1 saturated heterocycles. The highest BCUT2D eigenvalue weighted by atomic mass is 32.2. The van der Waals surface area contributed by atoms with Crippen molar-refractivity contribution in [2.45, 2.75) is 31.8 Å². The van der Waals surface area contributed by atoms with Crippen molar-refractivity contribution in [2.75, 3.05) is 18.1 Å². The van der Waals surface area contributed by atoms with Crippen molar-refractivity contribution in [1.82, 2.24) is 10.3 Å². The van der Waals surface area contributed by atoms with E-state index in [2.05, 4.69) is 10.3 Å². The summed E-state index contributed by atoms with van der Waals surface area (Å²) in [4.78, 5) is 4.45. The molecule has 1 aliphatic rings. The van der Waals surface area contributed by atoms with E-state index in [1.165, 1.54) is 0 Å². The van der Waals surface area contributed by atoms with E-state index < -0.39 is 9.84 Å². The normalized spacial score (nSPS) is 26.6. The first-order valence-electron chi connectivity index (χ1n) is 6.01. The van der Waals surface area contributed by atoms with Crippen LogP contribution in [0.15, 0.2) is 5.38 Å². The molecule has 0 bridgehead atoms. The number of hydrogen-bond donors (Lipinski definition) is 2. The van der Waals surface area contributed by atoms with Crippen LogP contribution in [0.3, 0.4) is 0 Å². The molecule has 1 aromatic heterocycles. The van der Waals surface area contributed by atoms with Crippen LogP contribution >= 0.6 is 11.3 Å². The molecule has 0 saturated carbocycles. The summed E-state index contributed by atoms with van der Waals surface area (Å²) in [5.41, 5.74) is 6.14. The van der Waals surface area contributed by atoms with E-state index in [1.54, 1.807) is 11.3 Å². The Bertz CT molecular complexity index is 512. The minimum atomic E-state index is -2.86. The van der Waals surface area contributed by atoms with Crippen molar-refractivity contribution in [1.29, 1.82) is 0 Å². The first-order chi connectivity index (χ1) is 8.42. The molecule has 2 heterocycles. The molecule has 1 fully saturated rings. The maximum Gasteiger partial charge on any atom is 0.152 e. The Kier molecular flexibility index (Phi) is 4.05. The molecule has 18 heavy (non-hydrogen) atoms. The van der Waals surface area contributed by atoms with E-state index in [0.717, 1.165) is 17.1 Å². The van der Waals surface area contributed by atoms with E-state index in [0.29, 0.717) is 19.5 Å². The lowest BCUT2D eigenvalue weighted by Gasteiger charge is -2.23. The van der Waals surface area contributed by atoms with Gasteiger partial charge in [-0.1, -0.05) is 0 Å². The number of aromatic nitrogens is 1. The number of nitrogens with two attached hydrogens (primary N) is 1. The largest absolute Gasteiger partial charge is 0.330 e. The van der Waals surface area contributed by atoms with Gasteiger partial charge in [0.2, 0.25) is 0 Å². The predicted molar refractivity (Wildman–Crippen MR) is 73.4 cm³/mol. The molecule has 0 aliphatic carbocycles. The van der Waals surface area contributed by atoms with Crippen LogP contribution in [0.1, 0.15) is 24.0 Å². The molecule has 0 aromatic carbocycles. The lowest BCUT2D eigenvalue weighted by molar-refractivity contribution is 0.393. The van der Waals surface area contributed by atoms with Crippen LogP contribution in [0.4, 0.5) is 0 Å². The van der Waals surface area contributed by atoms with Crippen LogP contribution in [-0.4, -0.2) is 37.0 Å². The summed E-state index contributed by atoms with van der Waals surface area (Å²) in [6, 6.07) is 0. The molecule has 1 atom stereocenters. The van der Waals surface area contributed by atoms with Gasteiger partial charge in [-0.3, -0.25) is 0 Å². The second-order valence-corrected chi connectivity index (χ2v) is 8.15. The van der Waals surface area contributed by atoms with Gasteiger partial charge in [0.15, 0.2) is 9.84 Å². The molecular formula is C11H19N3O2S2. The molecule has 1 unspecified atom stereocenters. The number of nitrogens with one attached hydrogen (secondary N) is 1. The summed E-state index contributed by atoms with van der Waals surface area (Å²) >= 11 is 1.61. The van der Waals surface area contributed by atoms with Gasteiger partial charge in [0.05, 0.1) is 22.2 Å². The van der Waals surface area contributed by atoms with Crippen LogP contribution in [0.25, 0.3) is 0 Å². The lowest BCUT2D eigenvalue weighted by Crippen LogP contribution is -2.42. The summed E-state index contributed by atoms with van der Waals surface area (Å²) in [6.45, 7) is 3.19. The highest BCUT2D eigenvalue weighted by Crippen LogP contribution is 2.23. The average Bonchev–Trinajstić information content (AvgIpc) is 2.82. The first-order valence-corrected chi connectivity index (χ1v) is 8.71. The minimum absolute atomic E-state index is 0.222. The Morgan fingerprint density at radius 3 is 3.00 bits per heavy atom. The zero-order chi connectivity index (χ0) is 13.2. The summed E-state index contributed by atoms with van der Waals surface area (Å²) in [5.74, 6) is 0.506. The second kappa shape index (κ2) is 5.24. The summed E-state index contributed by atoms with van der Waals surface area (Å²) in [5, 5.41) is 6.36. The van der Waals surface area contributed by atoms with Crippen LogP contribution in [0, 0.1) is 0 Å². The first kappa shape index (κ1) is 13.9. The second-order valence-electron chi connectivity index (χ2n) is 5.03.